The van der Waals surface area contributed by atoms with Crippen molar-refractivity contribution in [3.05, 3.63) is 54.5 Å². The van der Waals surface area contributed by atoms with Crippen molar-refractivity contribution < 1.29 is 36.6 Å². The molecular weight excluding hydrogens is 746 g/mol. The number of sulfonamides is 1. The summed E-state index contributed by atoms with van der Waals surface area (Å²) < 4.78 is 63.0. The lowest BCUT2D eigenvalue weighted by Crippen LogP contribution is -2.37. The van der Waals surface area contributed by atoms with Crippen molar-refractivity contribution in [3.63, 3.8) is 0 Å². The van der Waals surface area contributed by atoms with E-state index in [2.05, 4.69) is 20.0 Å². The molecule has 0 amide bonds. The molecule has 0 aliphatic carbocycles. The van der Waals surface area contributed by atoms with Crippen LogP contribution in [0.25, 0.3) is 5.69 Å². The number of carboxylic acids is 1. The van der Waals surface area contributed by atoms with Crippen LogP contribution in [0.4, 0.5) is 14.5 Å². The second-order valence-electron chi connectivity index (χ2n) is 11.0. The van der Waals surface area contributed by atoms with E-state index in [4.69, 9.17) is 44.8 Å². The highest BCUT2D eigenvalue weighted by atomic mass is 35.5. The maximum Gasteiger partial charge on any atom is 0.355 e. The lowest BCUT2D eigenvalue weighted by Gasteiger charge is -2.16. The number of halogens is 4. The molecule has 2 heterocycles. The maximum absolute atomic E-state index is 12.8. The molecule has 24 heteroatoms. The first kappa shape index (κ1) is 43.0. The van der Waals surface area contributed by atoms with Gasteiger partial charge in [0, 0.05) is 18.2 Å². The Morgan fingerprint density at radius 2 is 1.75 bits per heavy atom. The van der Waals surface area contributed by atoms with Crippen LogP contribution in [-0.2, 0) is 24.8 Å². The third-order valence-electron chi connectivity index (χ3n) is 5.66. The number of aliphatic carboxylic acids is 1. The topological polar surface area (TPSA) is 260 Å². The number of rotatable bonds is 9. The van der Waals surface area contributed by atoms with E-state index in [1.165, 1.54) is 31.4 Å². The number of nitrogens with one attached hydrogen (secondary N) is 1. The number of benzene rings is 1. The summed E-state index contributed by atoms with van der Waals surface area (Å²) in [5, 5.41) is 20.1. The van der Waals surface area contributed by atoms with Crippen molar-refractivity contribution in [2.24, 2.45) is 5.73 Å². The van der Waals surface area contributed by atoms with Gasteiger partial charge in [-0.1, -0.05) is 55.7 Å². The quantitative estimate of drug-likeness (QED) is 0.119. The fourth-order valence-corrected chi connectivity index (χ4v) is 5.63. The fraction of sp³-hybridized carbons (Fsp3) is 0.500. The molecule has 2 atom stereocenters. The summed E-state index contributed by atoms with van der Waals surface area (Å²) in [6, 6.07) is 1.28. The molecule has 0 fully saturated rings. The summed E-state index contributed by atoms with van der Waals surface area (Å²) in [4.78, 5) is 42.6. The predicted molar refractivity (Wildman–Crippen MR) is 180 cm³/mol. The van der Waals surface area contributed by atoms with Crippen LogP contribution in [0.15, 0.2) is 26.9 Å². The second-order valence-corrected chi connectivity index (χ2v) is 16.9. The number of carbonyl (C=O) groups is 1. The van der Waals surface area contributed by atoms with Crippen LogP contribution in [0, 0.1) is 6.92 Å². The van der Waals surface area contributed by atoms with Crippen molar-refractivity contribution in [1.29, 1.82) is 0 Å². The molecule has 17 nitrogen and oxygen atoms in total. The van der Waals surface area contributed by atoms with Gasteiger partial charge in [0.05, 0.1) is 27.7 Å². The summed E-state index contributed by atoms with van der Waals surface area (Å²) in [6.07, 6.45) is 2.70. The SMILES string of the molecule is CP(=O)(O)CCC(N)C(=O)O.CSc1nnc(C(C)(C)C)c(=O)n1N.Cc1nn(-c2cc(NS(C)(=O)=O)c(Cl)cc2Cl)c(=O)n1C(F)F. The second kappa shape index (κ2) is 17.0. The van der Waals surface area contributed by atoms with E-state index in [-0.39, 0.29) is 55.4 Å². The molecule has 0 aliphatic heterocycles. The number of hydrogen-bond donors (Lipinski definition) is 5. The smallest absolute Gasteiger partial charge is 0.355 e. The largest absolute Gasteiger partial charge is 0.480 e. The average molecular weight is 783 g/mol. The number of thioether (sulfide) groups is 1. The van der Waals surface area contributed by atoms with E-state index in [0.29, 0.717) is 15.5 Å². The van der Waals surface area contributed by atoms with E-state index in [9.17, 15) is 36.1 Å². The van der Waals surface area contributed by atoms with Gasteiger partial charge in [-0.3, -0.25) is 18.9 Å². The van der Waals surface area contributed by atoms with Crippen LogP contribution in [0.5, 0.6) is 0 Å². The van der Waals surface area contributed by atoms with Crippen molar-refractivity contribution in [3.8, 4) is 5.69 Å². The third-order valence-corrected chi connectivity index (χ3v) is 8.60. The van der Waals surface area contributed by atoms with Crippen LogP contribution in [0.1, 0.15) is 45.3 Å². The number of nitrogens with zero attached hydrogens (tertiary/aromatic N) is 6. The van der Waals surface area contributed by atoms with Crippen molar-refractivity contribution in [2.75, 3.05) is 35.9 Å². The minimum atomic E-state index is -3.65. The van der Waals surface area contributed by atoms with E-state index in [1.807, 2.05) is 20.8 Å². The zero-order chi connectivity index (χ0) is 37.5. The van der Waals surface area contributed by atoms with Gasteiger partial charge in [-0.25, -0.2) is 17.8 Å². The molecule has 1 aromatic carbocycles. The molecule has 48 heavy (non-hydrogen) atoms. The van der Waals surface area contributed by atoms with Gasteiger partial charge in [0.1, 0.15) is 17.6 Å². The van der Waals surface area contributed by atoms with Gasteiger partial charge in [-0.2, -0.15) is 18.1 Å². The third kappa shape index (κ3) is 12.8. The zero-order valence-corrected chi connectivity index (χ0v) is 30.7. The van der Waals surface area contributed by atoms with Crippen LogP contribution in [0.2, 0.25) is 10.0 Å². The van der Waals surface area contributed by atoms with E-state index in [0.717, 1.165) is 17.0 Å². The Labute approximate surface area is 288 Å². The zero-order valence-electron chi connectivity index (χ0n) is 26.7. The highest BCUT2D eigenvalue weighted by Gasteiger charge is 2.23. The van der Waals surface area contributed by atoms with Gasteiger partial charge in [0.25, 0.3) is 5.56 Å². The summed E-state index contributed by atoms with van der Waals surface area (Å²) in [5.41, 5.74) is 3.60. The number of carboxylic acid groups (broad SMARTS) is 1. The number of aryl methyl sites for hydroxylation is 1. The van der Waals surface area contributed by atoms with Gasteiger partial charge < -0.3 is 21.6 Å². The lowest BCUT2D eigenvalue weighted by molar-refractivity contribution is -0.138. The van der Waals surface area contributed by atoms with Crippen LogP contribution >= 0.6 is 42.3 Å². The molecule has 2 unspecified atom stereocenters. The number of aromatic nitrogens is 6. The van der Waals surface area contributed by atoms with Crippen molar-refractivity contribution >= 4 is 64.0 Å². The molecule has 270 valence electrons. The molecule has 0 saturated carbocycles. The minimum Gasteiger partial charge on any atom is -0.480 e. The molecule has 2 aromatic heterocycles. The van der Waals surface area contributed by atoms with E-state index >= 15 is 0 Å². The number of nitrogens with two attached hydrogens (primary N) is 2. The monoisotopic (exact) mass is 781 g/mol. The summed E-state index contributed by atoms with van der Waals surface area (Å²) in [7, 11) is -6.75. The normalized spacial score (nSPS) is 13.5. The average Bonchev–Trinajstić information content (AvgIpc) is 3.22. The minimum absolute atomic E-state index is 0.0257. The molecule has 3 rings (SSSR count). The van der Waals surface area contributed by atoms with Gasteiger partial charge >= 0.3 is 18.2 Å². The first-order valence-electron chi connectivity index (χ1n) is 13.2. The highest BCUT2D eigenvalue weighted by molar-refractivity contribution is 7.98. The number of alkyl halides is 2. The number of nitrogen functional groups attached to an aromatic ring is 1. The number of hydrogen-bond acceptors (Lipinski definition) is 12. The molecule has 7 N–H and O–H groups in total. The summed E-state index contributed by atoms with van der Waals surface area (Å²) in [5.74, 6) is 4.20. The van der Waals surface area contributed by atoms with Crippen LogP contribution < -0.4 is 27.5 Å². The standard InChI is InChI=1S/C11H10Cl2F2N4O3S.C8H14N4OS.C5H12NO4P/c1-5-16-19(11(20)18(5)10(14)15)9-4-8(17-23(2,21)22)6(12)3-7(9)13;1-8(2,3)5-6(13)12(9)7(14-4)11-10-5;1-11(9,10)3-2-4(6)5(7)8/h3-4,10,17H,1-2H3;9H2,1-4H3;4H,2-3,6H2,1H3,(H,7,8)(H,9,10). The van der Waals surface area contributed by atoms with Gasteiger partial charge in [0.15, 0.2) is 7.37 Å². The lowest BCUT2D eigenvalue weighted by atomic mass is 9.93. The van der Waals surface area contributed by atoms with Crippen molar-refractivity contribution in [1.82, 2.24) is 29.2 Å². The summed E-state index contributed by atoms with van der Waals surface area (Å²) >= 11 is 13.1. The van der Waals surface area contributed by atoms with Crippen LogP contribution in [0.3, 0.4) is 0 Å². The molecule has 3 aromatic rings. The van der Waals surface area contributed by atoms with E-state index in [1.54, 1.807) is 6.26 Å². The number of anilines is 1. The molecule has 0 spiro atoms. The molecule has 0 aliphatic rings. The first-order chi connectivity index (χ1) is 21.7. The fourth-order valence-electron chi connectivity index (χ4n) is 3.33. The first-order valence-corrected chi connectivity index (χ1v) is 19.4. The maximum atomic E-state index is 12.8. The Kier molecular flexibility index (Phi) is 15.2. The van der Waals surface area contributed by atoms with Crippen LogP contribution in [-0.4, -0.2) is 85.0 Å². The molecule has 0 bridgehead atoms. The highest BCUT2D eigenvalue weighted by Crippen LogP contribution is 2.35. The molecular formula is C24H36Cl2F2N9O8PS2. The van der Waals surface area contributed by atoms with E-state index < -0.39 is 41.6 Å². The molecule has 0 radical (unpaired) electrons. The summed E-state index contributed by atoms with van der Waals surface area (Å²) in [6.45, 7) is 5.03. The Morgan fingerprint density at radius 3 is 2.17 bits per heavy atom. The Morgan fingerprint density at radius 1 is 1.19 bits per heavy atom. The molecule has 0 saturated heterocycles. The van der Waals surface area contributed by atoms with Gasteiger partial charge in [0.2, 0.25) is 15.2 Å². The van der Waals surface area contributed by atoms with Crippen molar-refractivity contribution in [2.45, 2.75) is 57.3 Å². The Balaban J connectivity index is 0.000000394. The van der Waals surface area contributed by atoms with Gasteiger partial charge in [-0.05, 0) is 31.7 Å². The predicted octanol–water partition coefficient (Wildman–Crippen LogP) is 2.48. The Bertz CT molecular complexity index is 1900. The van der Waals surface area contributed by atoms with Gasteiger partial charge in [-0.15, -0.1) is 15.3 Å². The Hall–Kier alpha value is -3.07.